The molecule has 3 nitrogen and oxygen atoms in total. The minimum Gasteiger partial charge on any atom is -0.494 e. The molecule has 0 unspecified atom stereocenters. The normalized spacial score (nSPS) is 10.2. The molecule has 0 aliphatic rings. The largest absolute Gasteiger partial charge is 0.494 e. The lowest BCUT2D eigenvalue weighted by Crippen LogP contribution is -2.19. The Morgan fingerprint density at radius 1 is 1.50 bits per heavy atom. The topological polar surface area (TPSA) is 38.3 Å². The number of benzene rings is 1. The number of nitrogens with one attached hydrogen (secondary N) is 1. The van der Waals surface area contributed by atoms with Gasteiger partial charge in [0.1, 0.15) is 5.75 Å². The highest BCUT2D eigenvalue weighted by Crippen LogP contribution is 2.17. The van der Waals surface area contributed by atoms with Gasteiger partial charge in [0.2, 0.25) is 0 Å². The molecule has 0 spiro atoms. The van der Waals surface area contributed by atoms with Gasteiger partial charge in [0.15, 0.2) is 0 Å². The van der Waals surface area contributed by atoms with Crippen molar-refractivity contribution in [2.24, 2.45) is 0 Å². The van der Waals surface area contributed by atoms with Crippen LogP contribution < -0.4 is 10.1 Å². The number of carbonyl (C=O) groups excluding carboxylic acids is 1. The molecular weight excluding hydrogens is 216 g/mol. The SMILES string of the molecule is CCCOc1cccc(NC(=O)C(F)F)c1. The first-order valence-corrected chi connectivity index (χ1v) is 4.95. The highest BCUT2D eigenvalue weighted by atomic mass is 19.3. The second kappa shape index (κ2) is 6.05. The van der Waals surface area contributed by atoms with Crippen molar-refractivity contribution in [2.45, 2.75) is 19.8 Å². The van der Waals surface area contributed by atoms with Crippen LogP contribution in [0, 0.1) is 0 Å². The molecule has 0 aliphatic heterocycles. The molecule has 0 fully saturated rings. The first kappa shape index (κ1) is 12.4. The predicted molar refractivity (Wildman–Crippen MR) is 56.9 cm³/mol. The summed E-state index contributed by atoms with van der Waals surface area (Å²) in [6.07, 6.45) is -2.16. The van der Waals surface area contributed by atoms with Crippen molar-refractivity contribution in [1.82, 2.24) is 0 Å². The van der Waals surface area contributed by atoms with Crippen molar-refractivity contribution in [3.63, 3.8) is 0 Å². The maximum Gasteiger partial charge on any atom is 0.315 e. The number of anilines is 1. The molecule has 1 N–H and O–H groups in total. The number of hydrogen-bond acceptors (Lipinski definition) is 2. The summed E-state index contributed by atoms with van der Waals surface area (Å²) in [4.78, 5) is 10.7. The van der Waals surface area contributed by atoms with Crippen molar-refractivity contribution >= 4 is 11.6 Å². The summed E-state index contributed by atoms with van der Waals surface area (Å²) in [7, 11) is 0. The standard InChI is InChI=1S/C11H13F2NO2/c1-2-6-16-9-5-3-4-8(7-9)14-11(15)10(12)13/h3-5,7,10H,2,6H2,1H3,(H,14,15). The van der Waals surface area contributed by atoms with Gasteiger partial charge in [-0.2, -0.15) is 8.78 Å². The Morgan fingerprint density at radius 2 is 2.25 bits per heavy atom. The van der Waals surface area contributed by atoms with Crippen molar-refractivity contribution in [2.75, 3.05) is 11.9 Å². The van der Waals surface area contributed by atoms with Gasteiger partial charge < -0.3 is 10.1 Å². The third-order valence-electron chi connectivity index (χ3n) is 1.77. The van der Waals surface area contributed by atoms with Crippen LogP contribution >= 0.6 is 0 Å². The van der Waals surface area contributed by atoms with E-state index in [0.29, 0.717) is 18.0 Å². The van der Waals surface area contributed by atoms with Gasteiger partial charge in [0, 0.05) is 11.8 Å². The summed E-state index contributed by atoms with van der Waals surface area (Å²) in [5.74, 6) is -0.762. The predicted octanol–water partition coefficient (Wildman–Crippen LogP) is 2.68. The molecule has 0 atom stereocenters. The van der Waals surface area contributed by atoms with Crippen LogP contribution in [-0.2, 0) is 4.79 Å². The lowest BCUT2D eigenvalue weighted by Gasteiger charge is -2.07. The van der Waals surface area contributed by atoms with Gasteiger partial charge in [-0.3, -0.25) is 4.79 Å². The summed E-state index contributed by atoms with van der Waals surface area (Å²) < 4.78 is 29.2. The van der Waals surface area contributed by atoms with Gasteiger partial charge in [0.05, 0.1) is 6.61 Å². The van der Waals surface area contributed by atoms with Crippen LogP contribution in [-0.4, -0.2) is 18.9 Å². The van der Waals surface area contributed by atoms with Crippen LogP contribution in [0.1, 0.15) is 13.3 Å². The average Bonchev–Trinajstić information content (AvgIpc) is 2.26. The van der Waals surface area contributed by atoms with Gasteiger partial charge in [-0.1, -0.05) is 13.0 Å². The Balaban J connectivity index is 2.63. The Bertz CT molecular complexity index is 356. The zero-order valence-corrected chi connectivity index (χ0v) is 8.87. The fourth-order valence-electron chi connectivity index (χ4n) is 1.08. The highest BCUT2D eigenvalue weighted by Gasteiger charge is 2.14. The molecule has 0 saturated heterocycles. The molecule has 0 bridgehead atoms. The van der Waals surface area contributed by atoms with Crippen LogP contribution in [0.25, 0.3) is 0 Å². The Morgan fingerprint density at radius 3 is 2.88 bits per heavy atom. The second-order valence-electron chi connectivity index (χ2n) is 3.17. The van der Waals surface area contributed by atoms with Crippen LogP contribution in [0.15, 0.2) is 24.3 Å². The third-order valence-corrected chi connectivity index (χ3v) is 1.77. The van der Waals surface area contributed by atoms with Crippen LogP contribution in [0.4, 0.5) is 14.5 Å². The van der Waals surface area contributed by atoms with Gasteiger partial charge in [0.25, 0.3) is 5.91 Å². The fraction of sp³-hybridized carbons (Fsp3) is 0.364. The van der Waals surface area contributed by atoms with E-state index in [1.54, 1.807) is 12.1 Å². The van der Waals surface area contributed by atoms with Crippen LogP contribution in [0.3, 0.4) is 0 Å². The molecule has 1 aromatic rings. The number of hydrogen-bond donors (Lipinski definition) is 1. The number of halogens is 2. The molecule has 1 aromatic carbocycles. The maximum atomic E-state index is 12.0. The van der Waals surface area contributed by atoms with Gasteiger partial charge in [-0.05, 0) is 18.6 Å². The summed E-state index contributed by atoms with van der Waals surface area (Å²) in [6.45, 7) is 2.51. The molecular formula is C11H13F2NO2. The van der Waals surface area contributed by atoms with E-state index in [4.69, 9.17) is 4.74 Å². The van der Waals surface area contributed by atoms with Crippen molar-refractivity contribution < 1.29 is 18.3 Å². The molecule has 0 saturated carbocycles. The summed E-state index contributed by atoms with van der Waals surface area (Å²) in [5.41, 5.74) is 0.305. The quantitative estimate of drug-likeness (QED) is 0.843. The second-order valence-corrected chi connectivity index (χ2v) is 3.17. The third kappa shape index (κ3) is 3.84. The fourth-order valence-corrected chi connectivity index (χ4v) is 1.08. The molecule has 0 aromatic heterocycles. The monoisotopic (exact) mass is 229 g/mol. The number of carbonyl (C=O) groups is 1. The van der Waals surface area contributed by atoms with E-state index in [-0.39, 0.29) is 0 Å². The molecule has 1 rings (SSSR count). The summed E-state index contributed by atoms with van der Waals surface area (Å²) in [5, 5.41) is 2.09. The first-order valence-electron chi connectivity index (χ1n) is 4.95. The number of ether oxygens (including phenoxy) is 1. The Kier molecular flexibility index (Phi) is 4.69. The minimum absolute atomic E-state index is 0.305. The van der Waals surface area contributed by atoms with E-state index >= 15 is 0 Å². The number of amides is 1. The van der Waals surface area contributed by atoms with Gasteiger partial charge in [-0.25, -0.2) is 0 Å². The molecule has 1 amide bonds. The van der Waals surface area contributed by atoms with Gasteiger partial charge in [-0.15, -0.1) is 0 Å². The molecule has 16 heavy (non-hydrogen) atoms. The summed E-state index contributed by atoms with van der Waals surface area (Å²) in [6, 6.07) is 6.37. The van der Waals surface area contributed by atoms with Gasteiger partial charge >= 0.3 is 6.43 Å². The van der Waals surface area contributed by atoms with E-state index in [2.05, 4.69) is 5.32 Å². The van der Waals surface area contributed by atoms with Crippen LogP contribution in [0.2, 0.25) is 0 Å². The zero-order chi connectivity index (χ0) is 12.0. The first-order chi connectivity index (χ1) is 7.63. The molecule has 5 heteroatoms. The lowest BCUT2D eigenvalue weighted by atomic mass is 10.3. The van der Waals surface area contributed by atoms with E-state index in [0.717, 1.165) is 6.42 Å². The van der Waals surface area contributed by atoms with E-state index in [9.17, 15) is 13.6 Å². The molecule has 0 aliphatic carbocycles. The maximum absolute atomic E-state index is 12.0. The lowest BCUT2D eigenvalue weighted by molar-refractivity contribution is -0.126. The minimum atomic E-state index is -3.01. The summed E-state index contributed by atoms with van der Waals surface area (Å²) >= 11 is 0. The van der Waals surface area contributed by atoms with Crippen molar-refractivity contribution in [3.05, 3.63) is 24.3 Å². The Labute approximate surface area is 92.4 Å². The van der Waals surface area contributed by atoms with Crippen molar-refractivity contribution in [3.8, 4) is 5.75 Å². The smallest absolute Gasteiger partial charge is 0.315 e. The zero-order valence-electron chi connectivity index (χ0n) is 8.87. The van der Waals surface area contributed by atoms with Crippen LogP contribution in [0.5, 0.6) is 5.75 Å². The van der Waals surface area contributed by atoms with E-state index in [1.165, 1.54) is 12.1 Å². The number of alkyl halides is 2. The van der Waals surface area contributed by atoms with E-state index in [1.807, 2.05) is 6.92 Å². The van der Waals surface area contributed by atoms with E-state index < -0.39 is 12.3 Å². The molecule has 0 radical (unpaired) electrons. The average molecular weight is 229 g/mol. The number of rotatable bonds is 5. The molecule has 88 valence electrons. The van der Waals surface area contributed by atoms with Crippen molar-refractivity contribution in [1.29, 1.82) is 0 Å². The highest BCUT2D eigenvalue weighted by molar-refractivity contribution is 5.93. The molecule has 0 heterocycles. The Hall–Kier alpha value is -1.65.